The van der Waals surface area contributed by atoms with Gasteiger partial charge < -0.3 is 14.6 Å². The average molecular weight is 387 g/mol. The topological polar surface area (TPSA) is 70.7 Å². The molecule has 0 spiro atoms. The van der Waals surface area contributed by atoms with Crippen LogP contribution in [0.2, 0.25) is 0 Å². The largest absolute Gasteiger partial charge is 0.431 e. The number of aliphatic hydroxyl groups excluding tert-OH is 1. The van der Waals surface area contributed by atoms with Gasteiger partial charge in [0.25, 0.3) is 0 Å². The molecule has 0 saturated heterocycles. The van der Waals surface area contributed by atoms with Crippen molar-refractivity contribution in [1.82, 2.24) is 0 Å². The van der Waals surface area contributed by atoms with Gasteiger partial charge in [-0.3, -0.25) is 0 Å². The Labute approximate surface area is 167 Å². The second-order valence-electron chi connectivity index (χ2n) is 10.8. The maximum atomic E-state index is 12.2. The van der Waals surface area contributed by atoms with Gasteiger partial charge in [0, 0.05) is 11.5 Å². The lowest BCUT2D eigenvalue weighted by Gasteiger charge is -2.63. The fraction of sp³-hybridized carbons (Fsp3) is 0.792. The molecule has 0 radical (unpaired) electrons. The molecule has 28 heavy (non-hydrogen) atoms. The standard InChI is InChI=1S/C24H34O4/c1-22-10-7-17(25)13-16(22)4-5-20-19(22)8-11-23(2)18(9-12-24(20,23)27)15-3-6-21(26)28-14-15/h3,6,14,16-20,25,27H,4-5,7-13H2,1-2H3/t16-,17+,18-,19+,20+,22+,23-,24+/m1/s1. The van der Waals surface area contributed by atoms with Crippen LogP contribution in [0.4, 0.5) is 0 Å². The molecule has 0 aliphatic heterocycles. The first-order chi connectivity index (χ1) is 13.3. The lowest BCUT2D eigenvalue weighted by molar-refractivity contribution is -0.205. The maximum Gasteiger partial charge on any atom is 0.335 e. The van der Waals surface area contributed by atoms with E-state index in [-0.39, 0.29) is 28.5 Å². The van der Waals surface area contributed by atoms with Crippen LogP contribution < -0.4 is 5.63 Å². The number of rotatable bonds is 1. The molecule has 0 unspecified atom stereocenters. The van der Waals surface area contributed by atoms with E-state index < -0.39 is 5.60 Å². The molecule has 0 bridgehead atoms. The summed E-state index contributed by atoms with van der Waals surface area (Å²) in [6.07, 6.45) is 10.7. The fourth-order valence-corrected chi connectivity index (χ4v) is 8.30. The highest BCUT2D eigenvalue weighted by Gasteiger charge is 2.67. The van der Waals surface area contributed by atoms with Crippen LogP contribution >= 0.6 is 0 Å². The molecule has 154 valence electrons. The van der Waals surface area contributed by atoms with E-state index >= 15 is 0 Å². The monoisotopic (exact) mass is 386 g/mol. The Kier molecular flexibility index (Phi) is 4.17. The molecule has 4 saturated carbocycles. The van der Waals surface area contributed by atoms with Crippen molar-refractivity contribution in [3.05, 3.63) is 34.4 Å². The van der Waals surface area contributed by atoms with Gasteiger partial charge in [0.05, 0.1) is 18.0 Å². The zero-order chi connectivity index (χ0) is 19.7. The summed E-state index contributed by atoms with van der Waals surface area (Å²) in [7, 11) is 0. The molecule has 4 heteroatoms. The molecule has 4 nitrogen and oxygen atoms in total. The molecule has 4 aliphatic rings. The molecule has 1 heterocycles. The molecule has 2 N–H and O–H groups in total. The van der Waals surface area contributed by atoms with Crippen molar-refractivity contribution in [3.63, 3.8) is 0 Å². The second kappa shape index (κ2) is 6.18. The highest BCUT2D eigenvalue weighted by Crippen LogP contribution is 2.70. The SMILES string of the molecule is C[C@]12CC[C@H](O)C[C@H]1CC[C@H]1[C@@H]2CC[C@]2(C)[C@@H](c3ccc(=O)oc3)CC[C@]12O. The molecule has 0 amide bonds. The van der Waals surface area contributed by atoms with E-state index in [0.29, 0.717) is 17.8 Å². The van der Waals surface area contributed by atoms with E-state index in [9.17, 15) is 15.0 Å². The van der Waals surface area contributed by atoms with Gasteiger partial charge in [-0.2, -0.15) is 0 Å². The van der Waals surface area contributed by atoms with Crippen LogP contribution in [0.25, 0.3) is 0 Å². The van der Waals surface area contributed by atoms with E-state index in [1.54, 1.807) is 6.26 Å². The quantitative estimate of drug-likeness (QED) is 0.757. The van der Waals surface area contributed by atoms with Crippen LogP contribution in [0.5, 0.6) is 0 Å². The van der Waals surface area contributed by atoms with E-state index in [1.165, 1.54) is 12.5 Å². The summed E-state index contributed by atoms with van der Waals surface area (Å²) in [4.78, 5) is 11.4. The molecular weight excluding hydrogens is 352 g/mol. The summed E-state index contributed by atoms with van der Waals surface area (Å²) in [6.45, 7) is 4.73. The molecule has 4 aliphatic carbocycles. The molecule has 5 rings (SSSR count). The zero-order valence-corrected chi connectivity index (χ0v) is 17.2. The van der Waals surface area contributed by atoms with Crippen LogP contribution in [0.15, 0.2) is 27.6 Å². The third kappa shape index (κ3) is 2.40. The first-order valence-electron chi connectivity index (χ1n) is 11.3. The number of hydrogen-bond donors (Lipinski definition) is 2. The number of aliphatic hydroxyl groups is 2. The molecule has 0 aromatic carbocycles. The number of fused-ring (bicyclic) bond motifs is 5. The van der Waals surface area contributed by atoms with Crippen molar-refractivity contribution in [1.29, 1.82) is 0 Å². The van der Waals surface area contributed by atoms with Gasteiger partial charge in [-0.05, 0) is 98.5 Å². The summed E-state index contributed by atoms with van der Waals surface area (Å²) >= 11 is 0. The summed E-state index contributed by atoms with van der Waals surface area (Å²) in [6, 6.07) is 3.42. The Balaban J connectivity index is 1.48. The van der Waals surface area contributed by atoms with Gasteiger partial charge >= 0.3 is 5.63 Å². The Bertz CT molecular complexity index is 797. The highest BCUT2D eigenvalue weighted by molar-refractivity contribution is 5.27. The second-order valence-corrected chi connectivity index (χ2v) is 10.8. The van der Waals surface area contributed by atoms with Gasteiger partial charge in [-0.25, -0.2) is 4.79 Å². The third-order valence-electron chi connectivity index (χ3n) is 9.95. The minimum atomic E-state index is -0.638. The van der Waals surface area contributed by atoms with Gasteiger partial charge in [-0.1, -0.05) is 13.8 Å². The minimum Gasteiger partial charge on any atom is -0.431 e. The van der Waals surface area contributed by atoms with E-state index in [2.05, 4.69) is 13.8 Å². The van der Waals surface area contributed by atoms with Crippen molar-refractivity contribution >= 4 is 0 Å². The molecule has 8 atom stereocenters. The van der Waals surface area contributed by atoms with Gasteiger partial charge in [0.2, 0.25) is 0 Å². The summed E-state index contributed by atoms with van der Waals surface area (Å²) in [5.41, 5.74) is 0.219. The van der Waals surface area contributed by atoms with Crippen molar-refractivity contribution in [3.8, 4) is 0 Å². The van der Waals surface area contributed by atoms with Gasteiger partial charge in [0.15, 0.2) is 0 Å². The first kappa shape index (κ1) is 18.9. The Morgan fingerprint density at radius 1 is 1.00 bits per heavy atom. The average Bonchev–Trinajstić information content (AvgIpc) is 2.95. The summed E-state index contributed by atoms with van der Waals surface area (Å²) < 4.78 is 5.17. The molecule has 4 fully saturated rings. The Morgan fingerprint density at radius 3 is 2.57 bits per heavy atom. The lowest BCUT2D eigenvalue weighted by atomic mass is 9.43. The zero-order valence-electron chi connectivity index (χ0n) is 17.2. The smallest absolute Gasteiger partial charge is 0.335 e. The Hall–Kier alpha value is -1.13. The predicted molar refractivity (Wildman–Crippen MR) is 107 cm³/mol. The van der Waals surface area contributed by atoms with Gasteiger partial charge in [-0.15, -0.1) is 0 Å². The highest BCUT2D eigenvalue weighted by atomic mass is 16.4. The molecule has 1 aromatic rings. The Morgan fingerprint density at radius 2 is 1.82 bits per heavy atom. The van der Waals surface area contributed by atoms with Crippen LogP contribution in [0.3, 0.4) is 0 Å². The van der Waals surface area contributed by atoms with Crippen LogP contribution in [0, 0.1) is 28.6 Å². The van der Waals surface area contributed by atoms with E-state index in [1.807, 2.05) is 6.07 Å². The van der Waals surface area contributed by atoms with Crippen LogP contribution in [-0.2, 0) is 0 Å². The van der Waals surface area contributed by atoms with Crippen LogP contribution in [-0.4, -0.2) is 21.9 Å². The van der Waals surface area contributed by atoms with Crippen molar-refractivity contribution < 1.29 is 14.6 Å². The fourth-order valence-electron chi connectivity index (χ4n) is 8.30. The van der Waals surface area contributed by atoms with Crippen LogP contribution in [0.1, 0.15) is 83.1 Å². The van der Waals surface area contributed by atoms with Gasteiger partial charge in [0.1, 0.15) is 0 Å². The molecular formula is C24H34O4. The predicted octanol–water partition coefficient (Wildman–Crippen LogP) is 4.24. The normalized spacial score (nSPS) is 50.5. The lowest BCUT2D eigenvalue weighted by Crippen LogP contribution is -2.62. The first-order valence-corrected chi connectivity index (χ1v) is 11.3. The van der Waals surface area contributed by atoms with Crippen molar-refractivity contribution in [2.45, 2.75) is 89.3 Å². The van der Waals surface area contributed by atoms with Crippen molar-refractivity contribution in [2.24, 2.45) is 28.6 Å². The summed E-state index contributed by atoms with van der Waals surface area (Å²) in [5.74, 6) is 1.76. The minimum absolute atomic E-state index is 0.129. The summed E-state index contributed by atoms with van der Waals surface area (Å²) in [5, 5.41) is 22.4. The number of hydrogen-bond acceptors (Lipinski definition) is 4. The van der Waals surface area contributed by atoms with E-state index in [4.69, 9.17) is 4.42 Å². The van der Waals surface area contributed by atoms with Crippen molar-refractivity contribution in [2.75, 3.05) is 0 Å². The maximum absolute atomic E-state index is 12.2. The third-order valence-corrected chi connectivity index (χ3v) is 9.95. The van der Waals surface area contributed by atoms with E-state index in [0.717, 1.165) is 56.9 Å². The molecule has 1 aromatic heterocycles.